The molecular formula is C34H56N4O8. The fourth-order valence-corrected chi connectivity index (χ4v) is 4.92. The molecule has 4 N–H and O–H groups in total. The van der Waals surface area contributed by atoms with Crippen LogP contribution in [0.25, 0.3) is 0 Å². The number of esters is 1. The van der Waals surface area contributed by atoms with Gasteiger partial charge in [-0.2, -0.15) is 0 Å². The van der Waals surface area contributed by atoms with Gasteiger partial charge in [-0.3, -0.25) is 14.4 Å². The lowest BCUT2D eigenvalue weighted by atomic mass is 9.91. The maximum atomic E-state index is 11.7. The third-order valence-electron chi connectivity index (χ3n) is 7.55. The number of methoxy groups -OCH3 is 1. The van der Waals surface area contributed by atoms with E-state index in [0.29, 0.717) is 19.4 Å². The van der Waals surface area contributed by atoms with Gasteiger partial charge in [0.25, 0.3) is 0 Å². The standard InChI is InChI=1S/C16H25NO3.C11H17N3O5.C7H14/c1-12(13(2)20-16(3,4)5)17-15(18)19-11-14-9-7-6-8-10-14;1-19-11(18)8(14-9(16)5-12-6-15)4-7-2-3-13-10(7)17;1-7-5-3-2-4-6-7/h6-10,12-13H,11H2,1-5H3,(H,17,18);6-8H,2-5H2,1H3,(H,12,15)(H,13,17)(H,14,16);7H,2-6H2,1H3. The molecule has 12 nitrogen and oxygen atoms in total. The number of carbonyl (C=O) groups excluding carboxylic acids is 5. The lowest BCUT2D eigenvalue weighted by molar-refractivity contribution is -0.145. The topological polar surface area (TPSA) is 161 Å². The monoisotopic (exact) mass is 648 g/mol. The number of hydrogen-bond acceptors (Lipinski definition) is 8. The average molecular weight is 649 g/mol. The van der Waals surface area contributed by atoms with Crippen LogP contribution >= 0.6 is 0 Å². The van der Waals surface area contributed by atoms with E-state index in [2.05, 4.69) is 32.9 Å². The maximum Gasteiger partial charge on any atom is 0.407 e. The summed E-state index contributed by atoms with van der Waals surface area (Å²) in [6.07, 6.45) is 8.12. The summed E-state index contributed by atoms with van der Waals surface area (Å²) in [6, 6.07) is 8.59. The second-order valence-corrected chi connectivity index (χ2v) is 12.8. The quantitative estimate of drug-likeness (QED) is 0.195. The molecule has 1 aliphatic heterocycles. The summed E-state index contributed by atoms with van der Waals surface area (Å²) in [5, 5.41) is 10.1. The van der Waals surface area contributed by atoms with E-state index < -0.39 is 24.0 Å². The molecule has 4 atom stereocenters. The largest absolute Gasteiger partial charge is 0.467 e. The Kier molecular flexibility index (Phi) is 19.3. The first-order chi connectivity index (χ1) is 21.7. The lowest BCUT2D eigenvalue weighted by Gasteiger charge is -2.29. The van der Waals surface area contributed by atoms with Crippen LogP contribution in [0.2, 0.25) is 0 Å². The Hall–Kier alpha value is -3.67. The zero-order chi connectivity index (χ0) is 34.5. The normalized spacial score (nSPS) is 18.1. The van der Waals surface area contributed by atoms with Crippen molar-refractivity contribution in [2.45, 2.75) is 117 Å². The third kappa shape index (κ3) is 18.3. The van der Waals surface area contributed by atoms with E-state index in [1.807, 2.05) is 65.0 Å². The summed E-state index contributed by atoms with van der Waals surface area (Å²) in [5.74, 6) is -0.536. The molecule has 4 unspecified atom stereocenters. The molecular weight excluding hydrogens is 592 g/mol. The fraction of sp³-hybridized carbons (Fsp3) is 0.676. The molecule has 1 aliphatic carbocycles. The molecule has 1 heterocycles. The summed E-state index contributed by atoms with van der Waals surface area (Å²) < 4.78 is 15.6. The minimum absolute atomic E-state index is 0.0840. The number of carbonyl (C=O) groups is 5. The molecule has 1 saturated heterocycles. The van der Waals surface area contributed by atoms with Crippen LogP contribution in [0.1, 0.15) is 92.1 Å². The molecule has 46 heavy (non-hydrogen) atoms. The van der Waals surface area contributed by atoms with Crippen molar-refractivity contribution in [1.29, 1.82) is 0 Å². The van der Waals surface area contributed by atoms with Crippen LogP contribution in [0.15, 0.2) is 30.3 Å². The van der Waals surface area contributed by atoms with Gasteiger partial charge in [-0.05, 0) is 58.9 Å². The second kappa shape index (κ2) is 22.0. The predicted octanol–water partition coefficient (Wildman–Crippen LogP) is 4.01. The van der Waals surface area contributed by atoms with Crippen molar-refractivity contribution < 1.29 is 38.2 Å². The van der Waals surface area contributed by atoms with Gasteiger partial charge in [0, 0.05) is 12.5 Å². The first-order valence-electron chi connectivity index (χ1n) is 16.2. The number of alkyl carbamates (subject to hydrolysis) is 1. The molecule has 2 aliphatic rings. The van der Waals surface area contributed by atoms with Gasteiger partial charge in [-0.1, -0.05) is 69.4 Å². The second-order valence-electron chi connectivity index (χ2n) is 12.8. The van der Waals surface area contributed by atoms with Crippen LogP contribution in [-0.2, 0) is 40.0 Å². The summed E-state index contributed by atoms with van der Waals surface area (Å²) in [5.41, 5.74) is 0.734. The number of amides is 4. The van der Waals surface area contributed by atoms with Crippen molar-refractivity contribution >= 4 is 30.3 Å². The molecule has 2 fully saturated rings. The van der Waals surface area contributed by atoms with Gasteiger partial charge in [0.05, 0.1) is 31.4 Å². The Labute approximate surface area is 274 Å². The molecule has 1 saturated carbocycles. The summed E-state index contributed by atoms with van der Waals surface area (Å²) >= 11 is 0. The predicted molar refractivity (Wildman–Crippen MR) is 176 cm³/mol. The highest BCUT2D eigenvalue weighted by Gasteiger charge is 2.31. The number of nitrogens with one attached hydrogen (secondary N) is 4. The SMILES string of the molecule is CC(NC(=O)OCc1ccccc1)C(C)OC(C)(C)C.CC1CCCCC1.COC(=O)C(CC1CCNC1=O)NC(=O)CNC=O. The van der Waals surface area contributed by atoms with Gasteiger partial charge in [0.15, 0.2) is 0 Å². The Morgan fingerprint density at radius 3 is 2.17 bits per heavy atom. The van der Waals surface area contributed by atoms with E-state index in [4.69, 9.17) is 9.47 Å². The summed E-state index contributed by atoms with van der Waals surface area (Å²) in [7, 11) is 1.21. The molecule has 0 bridgehead atoms. The number of ether oxygens (including phenoxy) is 3. The van der Waals surface area contributed by atoms with E-state index in [9.17, 15) is 24.0 Å². The van der Waals surface area contributed by atoms with E-state index >= 15 is 0 Å². The van der Waals surface area contributed by atoms with Crippen LogP contribution < -0.4 is 21.3 Å². The zero-order valence-electron chi connectivity index (χ0n) is 28.7. The summed E-state index contributed by atoms with van der Waals surface area (Å²) in [6.45, 7) is 12.8. The Morgan fingerprint density at radius 1 is 1.02 bits per heavy atom. The van der Waals surface area contributed by atoms with Gasteiger partial charge in [-0.25, -0.2) is 9.59 Å². The summed E-state index contributed by atoms with van der Waals surface area (Å²) in [4.78, 5) is 56.2. The molecule has 12 heteroatoms. The van der Waals surface area contributed by atoms with E-state index in [0.717, 1.165) is 11.5 Å². The molecule has 0 aromatic heterocycles. The van der Waals surface area contributed by atoms with E-state index in [1.165, 1.54) is 39.2 Å². The third-order valence-corrected chi connectivity index (χ3v) is 7.55. The molecule has 0 radical (unpaired) electrons. The van der Waals surface area contributed by atoms with Crippen molar-refractivity contribution in [2.24, 2.45) is 11.8 Å². The van der Waals surface area contributed by atoms with Crippen molar-refractivity contribution in [2.75, 3.05) is 20.2 Å². The molecule has 3 rings (SSSR count). The highest BCUT2D eigenvalue weighted by atomic mass is 16.6. The maximum absolute atomic E-state index is 11.7. The van der Waals surface area contributed by atoms with Gasteiger partial charge in [0.2, 0.25) is 18.2 Å². The van der Waals surface area contributed by atoms with Crippen molar-refractivity contribution in [3.63, 3.8) is 0 Å². The average Bonchev–Trinajstić information content (AvgIpc) is 3.42. The lowest BCUT2D eigenvalue weighted by Crippen LogP contribution is -2.46. The fourth-order valence-electron chi connectivity index (χ4n) is 4.92. The Bertz CT molecular complexity index is 1060. The molecule has 260 valence electrons. The molecule has 0 spiro atoms. The smallest absolute Gasteiger partial charge is 0.407 e. The van der Waals surface area contributed by atoms with Crippen LogP contribution in [-0.4, -0.2) is 74.3 Å². The van der Waals surface area contributed by atoms with E-state index in [1.54, 1.807) is 0 Å². The van der Waals surface area contributed by atoms with Gasteiger partial charge >= 0.3 is 12.1 Å². The highest BCUT2D eigenvalue weighted by molar-refractivity contribution is 5.87. The van der Waals surface area contributed by atoms with Crippen LogP contribution in [0.4, 0.5) is 4.79 Å². The molecule has 1 aromatic carbocycles. The van der Waals surface area contributed by atoms with Crippen molar-refractivity contribution in [3.8, 4) is 0 Å². The van der Waals surface area contributed by atoms with Crippen molar-refractivity contribution in [1.82, 2.24) is 21.3 Å². The zero-order valence-corrected chi connectivity index (χ0v) is 28.7. The minimum Gasteiger partial charge on any atom is -0.467 e. The van der Waals surface area contributed by atoms with Crippen LogP contribution in [0.3, 0.4) is 0 Å². The Morgan fingerprint density at radius 2 is 1.67 bits per heavy atom. The highest BCUT2D eigenvalue weighted by Crippen LogP contribution is 2.22. The van der Waals surface area contributed by atoms with Crippen LogP contribution in [0.5, 0.6) is 0 Å². The minimum atomic E-state index is -0.889. The first kappa shape index (κ1) is 40.4. The first-order valence-corrected chi connectivity index (χ1v) is 16.2. The Balaban J connectivity index is 0.000000380. The van der Waals surface area contributed by atoms with E-state index in [-0.39, 0.29) is 49.1 Å². The number of benzene rings is 1. The number of rotatable bonds is 12. The van der Waals surface area contributed by atoms with Crippen molar-refractivity contribution in [3.05, 3.63) is 35.9 Å². The van der Waals surface area contributed by atoms with Gasteiger partial charge < -0.3 is 35.5 Å². The molecule has 4 amide bonds. The number of hydrogen-bond donors (Lipinski definition) is 4. The van der Waals surface area contributed by atoms with Gasteiger partial charge in [-0.15, -0.1) is 0 Å². The van der Waals surface area contributed by atoms with Crippen LogP contribution in [0, 0.1) is 11.8 Å². The van der Waals surface area contributed by atoms with Gasteiger partial charge in [0.1, 0.15) is 12.6 Å². The molecule has 1 aromatic rings.